The minimum atomic E-state index is -0.413. The van der Waals surface area contributed by atoms with Gasteiger partial charge in [0.15, 0.2) is 0 Å². The number of nitrogens with one attached hydrogen (secondary N) is 1. The van der Waals surface area contributed by atoms with Gasteiger partial charge in [-0.2, -0.15) is 0 Å². The molecule has 1 saturated carbocycles. The van der Waals surface area contributed by atoms with Gasteiger partial charge in [0.1, 0.15) is 0 Å². The lowest BCUT2D eigenvalue weighted by atomic mass is 10.1. The lowest BCUT2D eigenvalue weighted by Gasteiger charge is -2.07. The topological polar surface area (TPSA) is 84.9 Å². The van der Waals surface area contributed by atoms with Gasteiger partial charge in [0.2, 0.25) is 0 Å². The molecule has 1 aliphatic rings. The average Bonchev–Trinajstić information content (AvgIpc) is 2.81. The van der Waals surface area contributed by atoms with E-state index in [1.807, 2.05) is 0 Å². The molecule has 5 nitrogen and oxygen atoms in total. The molecule has 5 heteroatoms. The van der Waals surface area contributed by atoms with Crippen molar-refractivity contribution in [3.8, 4) is 0 Å². The third kappa shape index (κ3) is 1.93. The van der Waals surface area contributed by atoms with E-state index in [4.69, 9.17) is 5.73 Å². The summed E-state index contributed by atoms with van der Waals surface area (Å²) < 4.78 is 0. The van der Waals surface area contributed by atoms with Crippen molar-refractivity contribution in [2.24, 2.45) is 11.7 Å². The van der Waals surface area contributed by atoms with Gasteiger partial charge >= 0.3 is 0 Å². The zero-order valence-electron chi connectivity index (χ0n) is 7.77. The first kappa shape index (κ1) is 9.21. The summed E-state index contributed by atoms with van der Waals surface area (Å²) >= 11 is 0. The zero-order chi connectivity index (χ0) is 10.1. The smallest absolute Gasteiger partial charge is 0.287 e. The molecule has 0 aromatic carbocycles. The molecular formula is C9H13N3O2. The molecule has 14 heavy (non-hydrogen) atoms. The third-order valence-corrected chi connectivity index (χ3v) is 2.58. The average molecular weight is 195 g/mol. The van der Waals surface area contributed by atoms with Gasteiger partial charge in [-0.1, -0.05) is 12.8 Å². The van der Waals surface area contributed by atoms with E-state index in [9.17, 15) is 10.1 Å². The molecule has 1 aromatic heterocycles. The van der Waals surface area contributed by atoms with Gasteiger partial charge in [-0.15, -0.1) is 0 Å². The van der Waals surface area contributed by atoms with E-state index in [1.54, 1.807) is 0 Å². The third-order valence-electron chi connectivity index (χ3n) is 2.58. The van der Waals surface area contributed by atoms with Crippen LogP contribution >= 0.6 is 0 Å². The Balaban J connectivity index is 2.03. The van der Waals surface area contributed by atoms with Gasteiger partial charge in [-0.05, 0) is 12.3 Å². The summed E-state index contributed by atoms with van der Waals surface area (Å²) in [5, 5.41) is 10.4. The maximum Gasteiger partial charge on any atom is 0.287 e. The lowest BCUT2D eigenvalue weighted by molar-refractivity contribution is -0.384. The minimum Gasteiger partial charge on any atom is -0.358 e. The van der Waals surface area contributed by atoms with Crippen LogP contribution in [0.2, 0.25) is 0 Å². The van der Waals surface area contributed by atoms with Gasteiger partial charge in [-0.3, -0.25) is 10.1 Å². The number of rotatable bonds is 4. The van der Waals surface area contributed by atoms with Crippen LogP contribution in [0, 0.1) is 16.0 Å². The van der Waals surface area contributed by atoms with Crippen molar-refractivity contribution in [2.45, 2.75) is 25.3 Å². The van der Waals surface area contributed by atoms with E-state index in [-0.39, 0.29) is 11.7 Å². The van der Waals surface area contributed by atoms with Gasteiger partial charge in [0, 0.05) is 17.8 Å². The predicted molar refractivity (Wildman–Crippen MR) is 51.7 cm³/mol. The second-order valence-corrected chi connectivity index (χ2v) is 3.86. The van der Waals surface area contributed by atoms with E-state index in [2.05, 4.69) is 4.98 Å². The lowest BCUT2D eigenvalue weighted by Crippen LogP contribution is -2.11. The number of aromatic nitrogens is 1. The SMILES string of the molecule is NC(CC1CC1)c1cc([N+](=O)[O-])c[nH]1. The molecule has 0 spiro atoms. The molecule has 1 fully saturated rings. The quantitative estimate of drug-likeness (QED) is 0.566. The number of hydrogen-bond acceptors (Lipinski definition) is 3. The van der Waals surface area contributed by atoms with Crippen LogP contribution in [0.5, 0.6) is 0 Å². The van der Waals surface area contributed by atoms with E-state index in [0.717, 1.165) is 18.0 Å². The fourth-order valence-electron chi connectivity index (χ4n) is 1.56. The molecule has 0 amide bonds. The van der Waals surface area contributed by atoms with E-state index >= 15 is 0 Å². The highest BCUT2D eigenvalue weighted by Crippen LogP contribution is 2.36. The number of nitrogens with zero attached hydrogens (tertiary/aromatic N) is 1. The summed E-state index contributed by atoms with van der Waals surface area (Å²) in [6.45, 7) is 0. The van der Waals surface area contributed by atoms with Gasteiger partial charge in [0.25, 0.3) is 5.69 Å². The molecule has 1 aromatic rings. The van der Waals surface area contributed by atoms with Crippen LogP contribution in [0.1, 0.15) is 31.0 Å². The Kier molecular flexibility index (Phi) is 2.25. The monoisotopic (exact) mass is 195 g/mol. The summed E-state index contributed by atoms with van der Waals surface area (Å²) in [6.07, 6.45) is 4.81. The van der Waals surface area contributed by atoms with Crippen LogP contribution in [0.3, 0.4) is 0 Å². The predicted octanol–water partition coefficient (Wildman–Crippen LogP) is 1.72. The van der Waals surface area contributed by atoms with Crippen molar-refractivity contribution >= 4 is 5.69 Å². The van der Waals surface area contributed by atoms with E-state index < -0.39 is 4.92 Å². The van der Waals surface area contributed by atoms with Crippen molar-refractivity contribution in [2.75, 3.05) is 0 Å². The van der Waals surface area contributed by atoms with Gasteiger partial charge < -0.3 is 10.7 Å². The number of hydrogen-bond donors (Lipinski definition) is 2. The number of aromatic amines is 1. The summed E-state index contributed by atoms with van der Waals surface area (Å²) in [6, 6.07) is 1.43. The summed E-state index contributed by atoms with van der Waals surface area (Å²) in [7, 11) is 0. The van der Waals surface area contributed by atoms with E-state index in [1.165, 1.54) is 25.1 Å². The van der Waals surface area contributed by atoms with Crippen LogP contribution in [-0.2, 0) is 0 Å². The molecule has 0 bridgehead atoms. The number of nitro groups is 1. The Morgan fingerprint density at radius 3 is 2.93 bits per heavy atom. The first-order valence-electron chi connectivity index (χ1n) is 4.75. The Morgan fingerprint density at radius 2 is 2.43 bits per heavy atom. The fourth-order valence-corrected chi connectivity index (χ4v) is 1.56. The zero-order valence-corrected chi connectivity index (χ0v) is 7.77. The van der Waals surface area contributed by atoms with E-state index in [0.29, 0.717) is 0 Å². The van der Waals surface area contributed by atoms with Crippen LogP contribution in [0.15, 0.2) is 12.3 Å². The van der Waals surface area contributed by atoms with Crippen molar-refractivity contribution in [1.29, 1.82) is 0 Å². The van der Waals surface area contributed by atoms with Crippen molar-refractivity contribution in [3.05, 3.63) is 28.1 Å². The van der Waals surface area contributed by atoms with Crippen LogP contribution in [0.4, 0.5) is 5.69 Å². The van der Waals surface area contributed by atoms with Crippen molar-refractivity contribution < 1.29 is 4.92 Å². The first-order chi connectivity index (χ1) is 6.66. The fraction of sp³-hybridized carbons (Fsp3) is 0.556. The molecule has 1 unspecified atom stereocenters. The van der Waals surface area contributed by atoms with Gasteiger partial charge in [-0.25, -0.2) is 0 Å². The second kappa shape index (κ2) is 3.42. The molecule has 0 saturated heterocycles. The molecule has 1 atom stereocenters. The minimum absolute atomic E-state index is 0.0869. The van der Waals surface area contributed by atoms with Crippen LogP contribution in [0.25, 0.3) is 0 Å². The Bertz CT molecular complexity index is 344. The molecule has 76 valence electrons. The highest BCUT2D eigenvalue weighted by molar-refractivity contribution is 5.31. The standard InChI is InChI=1S/C9H13N3O2/c10-8(3-6-1-2-6)9-4-7(5-11-9)12(13)14/h4-6,8,11H,1-3,10H2. The highest BCUT2D eigenvalue weighted by Gasteiger charge is 2.25. The summed E-state index contributed by atoms with van der Waals surface area (Å²) in [5.41, 5.74) is 6.75. The molecule has 1 aliphatic carbocycles. The normalized spacial score (nSPS) is 18.1. The summed E-state index contributed by atoms with van der Waals surface area (Å²) in [5.74, 6) is 0.729. The molecule has 1 heterocycles. The summed E-state index contributed by atoms with van der Waals surface area (Å²) in [4.78, 5) is 12.9. The maximum absolute atomic E-state index is 10.4. The molecular weight excluding hydrogens is 182 g/mol. The van der Waals surface area contributed by atoms with Crippen LogP contribution < -0.4 is 5.73 Å². The molecule has 0 radical (unpaired) electrons. The Labute approximate surface area is 81.5 Å². The molecule has 0 aliphatic heterocycles. The second-order valence-electron chi connectivity index (χ2n) is 3.86. The number of H-pyrrole nitrogens is 1. The van der Waals surface area contributed by atoms with Crippen LogP contribution in [-0.4, -0.2) is 9.91 Å². The first-order valence-corrected chi connectivity index (χ1v) is 4.75. The van der Waals surface area contributed by atoms with Crippen molar-refractivity contribution in [1.82, 2.24) is 4.98 Å². The van der Waals surface area contributed by atoms with Crippen molar-refractivity contribution in [3.63, 3.8) is 0 Å². The molecule has 3 N–H and O–H groups in total. The number of nitrogens with two attached hydrogens (primary N) is 1. The largest absolute Gasteiger partial charge is 0.358 e. The Hall–Kier alpha value is -1.36. The Morgan fingerprint density at radius 1 is 1.71 bits per heavy atom. The van der Waals surface area contributed by atoms with Gasteiger partial charge in [0.05, 0.1) is 11.1 Å². The maximum atomic E-state index is 10.4. The highest BCUT2D eigenvalue weighted by atomic mass is 16.6. The molecule has 2 rings (SSSR count).